The molecule has 0 aliphatic carbocycles. The van der Waals surface area contributed by atoms with Gasteiger partial charge in [-0.05, 0) is 19.3 Å². The smallest absolute Gasteiger partial charge is 0.333 e. The van der Waals surface area contributed by atoms with Crippen LogP contribution in [0, 0.1) is 12.3 Å². The summed E-state index contributed by atoms with van der Waals surface area (Å²) in [7, 11) is 0. The van der Waals surface area contributed by atoms with E-state index in [-0.39, 0.29) is 36.4 Å². The lowest BCUT2D eigenvalue weighted by Gasteiger charge is -2.13. The Morgan fingerprint density at radius 3 is 2.96 bits per heavy atom. The third-order valence-electron chi connectivity index (χ3n) is 3.90. The van der Waals surface area contributed by atoms with Gasteiger partial charge in [-0.15, -0.1) is 6.42 Å². The van der Waals surface area contributed by atoms with Gasteiger partial charge in [-0.3, -0.25) is 14.3 Å². The van der Waals surface area contributed by atoms with Gasteiger partial charge in [0.25, 0.3) is 5.56 Å². The van der Waals surface area contributed by atoms with Gasteiger partial charge in [-0.1, -0.05) is 5.92 Å². The Balaban J connectivity index is 2.18. The molecule has 0 aromatic carbocycles. The summed E-state index contributed by atoms with van der Waals surface area (Å²) >= 11 is 0. The number of nitrogens with two attached hydrogens (primary N) is 1. The molecule has 23 heavy (non-hydrogen) atoms. The van der Waals surface area contributed by atoms with Crippen molar-refractivity contribution in [3.8, 4) is 12.3 Å². The van der Waals surface area contributed by atoms with Crippen LogP contribution in [-0.4, -0.2) is 36.9 Å². The fraction of sp³-hybridized carbons (Fsp3) is 0.500. The molecule has 0 amide bonds. The van der Waals surface area contributed by atoms with Crippen LogP contribution in [0.3, 0.4) is 0 Å². The third-order valence-corrected chi connectivity index (χ3v) is 3.90. The summed E-state index contributed by atoms with van der Waals surface area (Å²) in [6.45, 7) is -0.0419. The summed E-state index contributed by atoms with van der Waals surface area (Å²) in [5.74, 6) is 2.27. The number of nitrogens with one attached hydrogen (secondary N) is 1. The lowest BCUT2D eigenvalue weighted by atomic mass is 10.2. The third kappa shape index (κ3) is 2.52. The summed E-state index contributed by atoms with van der Waals surface area (Å²) in [6, 6.07) is 0. The Hall–Kier alpha value is -2.57. The number of hydrogen-bond acceptors (Lipinski definition) is 6. The maximum absolute atomic E-state index is 12.7. The second kappa shape index (κ2) is 5.91. The van der Waals surface area contributed by atoms with Gasteiger partial charge < -0.3 is 15.6 Å². The van der Waals surface area contributed by atoms with Crippen LogP contribution in [0.1, 0.15) is 25.5 Å². The number of imidazole rings is 1. The molecule has 122 valence electrons. The van der Waals surface area contributed by atoms with Crippen molar-refractivity contribution in [3.05, 3.63) is 20.8 Å². The zero-order valence-corrected chi connectivity index (χ0v) is 12.4. The van der Waals surface area contributed by atoms with E-state index in [0.29, 0.717) is 19.3 Å². The number of ether oxygens (including phenoxy) is 1. The second-order valence-electron chi connectivity index (χ2n) is 5.37. The maximum atomic E-state index is 12.7. The van der Waals surface area contributed by atoms with Gasteiger partial charge >= 0.3 is 5.69 Å². The summed E-state index contributed by atoms with van der Waals surface area (Å²) in [6.07, 6.45) is 6.37. The van der Waals surface area contributed by atoms with Crippen molar-refractivity contribution >= 4 is 17.1 Å². The molecule has 0 radical (unpaired) electrons. The molecule has 0 saturated carbocycles. The van der Waals surface area contributed by atoms with Gasteiger partial charge in [0.15, 0.2) is 11.2 Å². The van der Waals surface area contributed by atoms with Crippen molar-refractivity contribution < 1.29 is 9.84 Å². The molecule has 1 fully saturated rings. The minimum Gasteiger partial charge on any atom is -0.396 e. The first-order valence-corrected chi connectivity index (χ1v) is 7.27. The number of nitrogens with zero attached hydrogens (tertiary/aromatic N) is 3. The zero-order valence-electron chi connectivity index (χ0n) is 12.4. The number of rotatable bonds is 4. The normalized spacial score (nSPS) is 20.9. The summed E-state index contributed by atoms with van der Waals surface area (Å²) in [5, 5.41) is 9.01. The number of anilines is 1. The first-order valence-electron chi connectivity index (χ1n) is 7.27. The molecule has 1 aliphatic rings. The first-order chi connectivity index (χ1) is 11.1. The predicted molar refractivity (Wildman–Crippen MR) is 82.7 cm³/mol. The van der Waals surface area contributed by atoms with E-state index in [9.17, 15) is 9.59 Å². The van der Waals surface area contributed by atoms with Crippen molar-refractivity contribution in [1.29, 1.82) is 0 Å². The Morgan fingerprint density at radius 2 is 2.26 bits per heavy atom. The average Bonchev–Trinajstić information content (AvgIpc) is 3.03. The molecular weight excluding hydrogens is 302 g/mol. The van der Waals surface area contributed by atoms with E-state index in [0.717, 1.165) is 0 Å². The van der Waals surface area contributed by atoms with E-state index in [1.54, 1.807) is 0 Å². The summed E-state index contributed by atoms with van der Waals surface area (Å²) in [5.41, 5.74) is 4.84. The van der Waals surface area contributed by atoms with Gasteiger partial charge in [0, 0.05) is 6.61 Å². The molecule has 3 heterocycles. The van der Waals surface area contributed by atoms with E-state index >= 15 is 0 Å². The molecule has 2 unspecified atom stereocenters. The molecule has 2 aromatic rings. The number of aromatic amines is 1. The minimum absolute atomic E-state index is 0.00993. The molecule has 1 saturated heterocycles. The first kappa shape index (κ1) is 15.3. The van der Waals surface area contributed by atoms with Crippen LogP contribution >= 0.6 is 0 Å². The highest BCUT2D eigenvalue weighted by Gasteiger charge is 2.31. The molecule has 1 aliphatic heterocycles. The molecular formula is C14H17N5O4. The second-order valence-corrected chi connectivity index (χ2v) is 5.37. The number of fused-ring (bicyclic) bond motifs is 1. The summed E-state index contributed by atoms with van der Waals surface area (Å²) < 4.78 is 8.29. The molecule has 0 spiro atoms. The fourth-order valence-electron chi connectivity index (χ4n) is 2.93. The van der Waals surface area contributed by atoms with Crippen LogP contribution in [0.25, 0.3) is 11.2 Å². The average molecular weight is 319 g/mol. The van der Waals surface area contributed by atoms with Gasteiger partial charge in [-0.25, -0.2) is 9.36 Å². The molecule has 9 nitrogen and oxygen atoms in total. The van der Waals surface area contributed by atoms with Crippen LogP contribution in [0.2, 0.25) is 0 Å². The van der Waals surface area contributed by atoms with Crippen LogP contribution < -0.4 is 17.0 Å². The molecule has 4 N–H and O–H groups in total. The number of terminal acetylenes is 1. The van der Waals surface area contributed by atoms with Crippen molar-refractivity contribution in [2.24, 2.45) is 0 Å². The van der Waals surface area contributed by atoms with Crippen LogP contribution in [0.15, 0.2) is 9.59 Å². The number of aromatic nitrogens is 4. The van der Waals surface area contributed by atoms with Crippen molar-refractivity contribution in [2.45, 2.75) is 38.1 Å². The Morgan fingerprint density at radius 1 is 1.48 bits per heavy atom. The largest absolute Gasteiger partial charge is 0.396 e. The van der Waals surface area contributed by atoms with Gasteiger partial charge in [0.2, 0.25) is 5.95 Å². The van der Waals surface area contributed by atoms with E-state index in [1.807, 2.05) is 0 Å². The number of aliphatic hydroxyl groups excluding tert-OH is 1. The molecule has 9 heteroatoms. The predicted octanol–water partition coefficient (Wildman–Crippen LogP) is -0.838. The van der Waals surface area contributed by atoms with Crippen LogP contribution in [-0.2, 0) is 11.3 Å². The lowest BCUT2D eigenvalue weighted by Crippen LogP contribution is -2.28. The SMILES string of the molecule is C#CCn1c(=O)n(C2CCC(CCO)O2)c2nc(N)[nH]c(=O)c21. The monoisotopic (exact) mass is 319 g/mol. The van der Waals surface area contributed by atoms with E-state index in [2.05, 4.69) is 15.9 Å². The quantitative estimate of drug-likeness (QED) is 0.631. The highest BCUT2D eigenvalue weighted by Crippen LogP contribution is 2.30. The van der Waals surface area contributed by atoms with Crippen molar-refractivity contribution in [2.75, 3.05) is 12.3 Å². The van der Waals surface area contributed by atoms with Crippen LogP contribution in [0.4, 0.5) is 5.95 Å². The van der Waals surface area contributed by atoms with Gasteiger partial charge in [0.1, 0.15) is 6.23 Å². The molecule has 0 bridgehead atoms. The summed E-state index contributed by atoms with van der Waals surface area (Å²) in [4.78, 5) is 31.3. The zero-order chi connectivity index (χ0) is 16.6. The minimum atomic E-state index is -0.561. The Bertz CT molecular complexity index is 887. The maximum Gasteiger partial charge on any atom is 0.333 e. The topological polar surface area (TPSA) is 128 Å². The number of hydrogen-bond donors (Lipinski definition) is 3. The van der Waals surface area contributed by atoms with Gasteiger partial charge in [0.05, 0.1) is 12.6 Å². The van der Waals surface area contributed by atoms with E-state index in [1.165, 1.54) is 9.13 Å². The Labute approximate surface area is 130 Å². The number of nitrogen functional groups attached to an aromatic ring is 1. The number of aliphatic hydroxyl groups is 1. The van der Waals surface area contributed by atoms with Crippen molar-refractivity contribution in [1.82, 2.24) is 19.1 Å². The lowest BCUT2D eigenvalue weighted by molar-refractivity contribution is -0.00767. The molecule has 2 atom stereocenters. The fourth-order valence-corrected chi connectivity index (χ4v) is 2.93. The molecule has 2 aromatic heterocycles. The highest BCUT2D eigenvalue weighted by atomic mass is 16.5. The van der Waals surface area contributed by atoms with E-state index < -0.39 is 17.5 Å². The molecule has 3 rings (SSSR count). The van der Waals surface area contributed by atoms with Gasteiger partial charge in [-0.2, -0.15) is 4.98 Å². The van der Waals surface area contributed by atoms with Crippen LogP contribution in [0.5, 0.6) is 0 Å². The van der Waals surface area contributed by atoms with E-state index in [4.69, 9.17) is 22.0 Å². The van der Waals surface area contributed by atoms with Crippen molar-refractivity contribution in [3.63, 3.8) is 0 Å². The standard InChI is InChI=1S/C14H17N5O4/c1-2-6-18-10-11(16-13(15)17-12(10)21)19(14(18)22)9-4-3-8(23-9)5-7-20/h1,8-9,20H,3-7H2,(H3,15,16,17,21). The number of H-pyrrole nitrogens is 1. The highest BCUT2D eigenvalue weighted by molar-refractivity contribution is 5.71. The Kier molecular flexibility index (Phi) is 3.94.